The lowest BCUT2D eigenvalue weighted by atomic mass is 9.66. The molecule has 0 rings (SSSR count). The molecule has 3 nitrogen and oxygen atoms in total. The van der Waals surface area contributed by atoms with Gasteiger partial charge in [-0.3, -0.25) is 0 Å². The summed E-state index contributed by atoms with van der Waals surface area (Å²) in [5, 5.41) is 0. The first-order chi connectivity index (χ1) is 8.60. The number of hydrogen-bond acceptors (Lipinski definition) is 3. The van der Waals surface area contributed by atoms with Crippen molar-refractivity contribution >= 4 is 15.3 Å². The molecule has 0 bridgehead atoms. The van der Waals surface area contributed by atoms with Gasteiger partial charge in [-0.25, -0.2) is 0 Å². The van der Waals surface area contributed by atoms with Crippen LogP contribution in [0.5, 0.6) is 0 Å². The van der Waals surface area contributed by atoms with Gasteiger partial charge in [0.15, 0.2) is 15.3 Å². The van der Waals surface area contributed by atoms with Gasteiger partial charge in [0.2, 0.25) is 0 Å². The third-order valence-electron chi connectivity index (χ3n) is 3.95. The summed E-state index contributed by atoms with van der Waals surface area (Å²) >= 11 is 0. The van der Waals surface area contributed by atoms with Crippen molar-refractivity contribution in [2.45, 2.75) is 78.2 Å². The van der Waals surface area contributed by atoms with Crippen LogP contribution in [0.25, 0.3) is 0 Å². The zero-order valence-corrected chi connectivity index (χ0v) is 15.2. The van der Waals surface area contributed by atoms with Crippen LogP contribution < -0.4 is 0 Å². The predicted molar refractivity (Wildman–Crippen MR) is 83.2 cm³/mol. The van der Waals surface area contributed by atoms with Gasteiger partial charge in [0.25, 0.3) is 0 Å². The summed E-state index contributed by atoms with van der Waals surface area (Å²) < 4.78 is 12.0. The largest absolute Gasteiger partial charge is 0.406 e. The normalized spacial score (nSPS) is 19.0. The SMILES string of the molecule is CCCC[C@@](C)(OC)[C@](C=O)(O[SiH](C)C)C(C)(C)C. The Kier molecular flexibility index (Phi) is 6.93. The highest BCUT2D eigenvalue weighted by Gasteiger charge is 2.57. The van der Waals surface area contributed by atoms with Crippen molar-refractivity contribution in [1.82, 2.24) is 0 Å². The van der Waals surface area contributed by atoms with Crippen LogP contribution in [0.15, 0.2) is 0 Å². The molecule has 0 unspecified atom stereocenters. The summed E-state index contributed by atoms with van der Waals surface area (Å²) in [4.78, 5) is 12.0. The van der Waals surface area contributed by atoms with Crippen LogP contribution in [-0.4, -0.2) is 33.6 Å². The molecule has 0 spiro atoms. The van der Waals surface area contributed by atoms with Crippen molar-refractivity contribution in [3.8, 4) is 0 Å². The maximum Gasteiger partial charge on any atom is 0.172 e. The van der Waals surface area contributed by atoms with Crippen LogP contribution >= 0.6 is 0 Å². The highest BCUT2D eigenvalue weighted by atomic mass is 28.3. The molecule has 0 aromatic rings. The molecule has 0 N–H and O–H groups in total. The fourth-order valence-corrected chi connectivity index (χ4v) is 4.15. The monoisotopic (exact) mass is 288 g/mol. The summed E-state index contributed by atoms with van der Waals surface area (Å²) in [5.41, 5.74) is -1.77. The Balaban J connectivity index is 5.70. The van der Waals surface area contributed by atoms with E-state index in [-0.39, 0.29) is 5.41 Å². The van der Waals surface area contributed by atoms with Gasteiger partial charge in [-0.05, 0) is 31.9 Å². The van der Waals surface area contributed by atoms with Crippen LogP contribution in [0, 0.1) is 5.41 Å². The fourth-order valence-electron chi connectivity index (χ4n) is 2.75. The van der Waals surface area contributed by atoms with E-state index in [0.717, 1.165) is 25.5 Å². The maximum atomic E-state index is 12.0. The number of rotatable bonds is 8. The van der Waals surface area contributed by atoms with Gasteiger partial charge in [0.05, 0.1) is 0 Å². The van der Waals surface area contributed by atoms with E-state index in [9.17, 15) is 4.79 Å². The molecule has 0 aliphatic rings. The number of unbranched alkanes of at least 4 members (excludes halogenated alkanes) is 1. The van der Waals surface area contributed by atoms with Gasteiger partial charge in [-0.1, -0.05) is 40.5 Å². The molecule has 19 heavy (non-hydrogen) atoms. The van der Waals surface area contributed by atoms with E-state index >= 15 is 0 Å². The lowest BCUT2D eigenvalue weighted by Gasteiger charge is -2.52. The van der Waals surface area contributed by atoms with Crippen LogP contribution in [0.2, 0.25) is 13.1 Å². The Labute approximate surface area is 120 Å². The van der Waals surface area contributed by atoms with Crippen LogP contribution in [0.3, 0.4) is 0 Å². The Morgan fingerprint density at radius 2 is 1.68 bits per heavy atom. The standard InChI is InChI=1S/C15H32O3Si/c1-9-10-11-14(5,17-6)15(12-16,13(2,3)4)18-19(7)8/h12,19H,9-11H2,1-8H3/t14-,15-/m1/s1. The van der Waals surface area contributed by atoms with Crippen LogP contribution in [-0.2, 0) is 14.0 Å². The van der Waals surface area contributed by atoms with E-state index in [1.165, 1.54) is 0 Å². The minimum absolute atomic E-state index is 0.301. The van der Waals surface area contributed by atoms with Gasteiger partial charge in [-0.2, -0.15) is 0 Å². The molecule has 4 heteroatoms. The molecule has 0 aliphatic heterocycles. The molecule has 0 saturated carbocycles. The van der Waals surface area contributed by atoms with E-state index in [2.05, 4.69) is 40.8 Å². The van der Waals surface area contributed by atoms with E-state index in [1.54, 1.807) is 7.11 Å². The van der Waals surface area contributed by atoms with Crippen molar-refractivity contribution in [3.63, 3.8) is 0 Å². The van der Waals surface area contributed by atoms with Crippen molar-refractivity contribution in [3.05, 3.63) is 0 Å². The lowest BCUT2D eigenvalue weighted by molar-refractivity contribution is -0.191. The summed E-state index contributed by atoms with van der Waals surface area (Å²) in [6, 6.07) is 0. The lowest BCUT2D eigenvalue weighted by Crippen LogP contribution is -2.65. The van der Waals surface area contributed by atoms with E-state index in [4.69, 9.17) is 9.16 Å². The number of hydrogen-bond donors (Lipinski definition) is 0. The second kappa shape index (κ2) is 7.00. The molecule has 0 radical (unpaired) electrons. The predicted octanol–water partition coefficient (Wildman–Crippen LogP) is 3.57. The number of carbonyl (C=O) groups excluding carboxylic acids is 1. The molecule has 114 valence electrons. The number of carbonyl (C=O) groups is 1. The summed E-state index contributed by atoms with van der Waals surface area (Å²) in [6.07, 6.45) is 3.92. The summed E-state index contributed by atoms with van der Waals surface area (Å²) in [5.74, 6) is 0. The molecule has 0 heterocycles. The Morgan fingerprint density at radius 3 is 1.95 bits per heavy atom. The quantitative estimate of drug-likeness (QED) is 0.506. The minimum atomic E-state index is -1.37. The van der Waals surface area contributed by atoms with E-state index in [0.29, 0.717) is 0 Å². The van der Waals surface area contributed by atoms with Crippen LogP contribution in [0.4, 0.5) is 0 Å². The second-order valence-electron chi connectivity index (χ2n) is 6.81. The van der Waals surface area contributed by atoms with Crippen molar-refractivity contribution in [2.24, 2.45) is 5.41 Å². The fraction of sp³-hybridized carbons (Fsp3) is 0.933. The first kappa shape index (κ1) is 18.8. The highest BCUT2D eigenvalue weighted by Crippen LogP contribution is 2.45. The first-order valence-electron chi connectivity index (χ1n) is 7.29. The van der Waals surface area contributed by atoms with E-state index in [1.807, 2.05) is 6.92 Å². The summed E-state index contributed by atoms with van der Waals surface area (Å²) in [6.45, 7) is 14.5. The molecule has 0 aromatic carbocycles. The Bertz CT molecular complexity index is 286. The van der Waals surface area contributed by atoms with Gasteiger partial charge < -0.3 is 14.0 Å². The van der Waals surface area contributed by atoms with Crippen molar-refractivity contribution < 1.29 is 14.0 Å². The maximum absolute atomic E-state index is 12.0. The molecule has 0 aromatic heterocycles. The zero-order chi connectivity index (χ0) is 15.3. The average molecular weight is 289 g/mol. The minimum Gasteiger partial charge on any atom is -0.406 e. The molecule has 2 atom stereocenters. The van der Waals surface area contributed by atoms with Gasteiger partial charge >= 0.3 is 0 Å². The molecule has 0 saturated heterocycles. The molecule has 0 fully saturated rings. The second-order valence-corrected chi connectivity index (χ2v) is 9.14. The average Bonchev–Trinajstić information content (AvgIpc) is 2.31. The molecular formula is C15H32O3Si. The Hall–Kier alpha value is -0.193. The molecular weight excluding hydrogens is 256 g/mol. The van der Waals surface area contributed by atoms with Crippen molar-refractivity contribution in [2.75, 3.05) is 7.11 Å². The highest BCUT2D eigenvalue weighted by molar-refractivity contribution is 6.48. The number of methoxy groups -OCH3 is 1. The molecule has 0 aliphatic carbocycles. The van der Waals surface area contributed by atoms with Gasteiger partial charge in [0, 0.05) is 7.11 Å². The molecule has 0 amide bonds. The van der Waals surface area contributed by atoms with Crippen molar-refractivity contribution in [1.29, 1.82) is 0 Å². The third kappa shape index (κ3) is 3.89. The third-order valence-corrected chi connectivity index (χ3v) is 4.79. The Morgan fingerprint density at radius 1 is 1.16 bits per heavy atom. The van der Waals surface area contributed by atoms with E-state index < -0.39 is 20.2 Å². The topological polar surface area (TPSA) is 35.5 Å². The van der Waals surface area contributed by atoms with Crippen LogP contribution in [0.1, 0.15) is 53.9 Å². The smallest absolute Gasteiger partial charge is 0.172 e. The zero-order valence-electron chi connectivity index (χ0n) is 14.0. The first-order valence-corrected chi connectivity index (χ1v) is 10.1. The van der Waals surface area contributed by atoms with Gasteiger partial charge in [0.1, 0.15) is 11.2 Å². The number of aldehydes is 1. The number of ether oxygens (including phenoxy) is 1. The summed E-state index contributed by atoms with van der Waals surface area (Å²) in [7, 11) is 0.314. The van der Waals surface area contributed by atoms with Gasteiger partial charge in [-0.15, -0.1) is 0 Å².